The summed E-state index contributed by atoms with van der Waals surface area (Å²) >= 11 is 0. The molecule has 2 unspecified atom stereocenters. The number of amides is 2. The molecule has 2 saturated carbocycles. The number of ether oxygens (including phenoxy) is 2. The van der Waals surface area contributed by atoms with Gasteiger partial charge in [0.2, 0.25) is 11.7 Å². The van der Waals surface area contributed by atoms with Crippen LogP contribution < -0.4 is 15.2 Å². The van der Waals surface area contributed by atoms with E-state index in [2.05, 4.69) is 25.2 Å². The molecule has 14 nitrogen and oxygen atoms in total. The van der Waals surface area contributed by atoms with Gasteiger partial charge in [-0.05, 0) is 61.8 Å². The maximum atomic E-state index is 14.0. The first kappa shape index (κ1) is 31.4. The number of carbonyl (C=O) groups excluding carboxylic acids is 2. The van der Waals surface area contributed by atoms with Crippen LogP contribution in [0.2, 0.25) is 0 Å². The van der Waals surface area contributed by atoms with Gasteiger partial charge in [0.1, 0.15) is 23.0 Å². The van der Waals surface area contributed by atoms with Crippen molar-refractivity contribution >= 4 is 33.9 Å². The van der Waals surface area contributed by atoms with Crippen molar-refractivity contribution in [2.45, 2.75) is 50.9 Å². The van der Waals surface area contributed by atoms with Crippen LogP contribution in [0.15, 0.2) is 42.7 Å². The largest absolute Gasteiger partial charge is 0.494 e. The number of piperidine rings is 1. The maximum Gasteiger partial charge on any atom is 0.257 e. The minimum absolute atomic E-state index is 0.0179. The van der Waals surface area contributed by atoms with E-state index in [1.54, 1.807) is 19.1 Å². The number of aromatic nitrogens is 6. The minimum Gasteiger partial charge on any atom is -0.494 e. The van der Waals surface area contributed by atoms with Gasteiger partial charge in [-0.3, -0.25) is 9.59 Å². The average Bonchev–Trinajstić information content (AvgIpc) is 3.51. The van der Waals surface area contributed by atoms with Gasteiger partial charge >= 0.3 is 0 Å². The fourth-order valence-corrected chi connectivity index (χ4v) is 8.27. The van der Waals surface area contributed by atoms with Crippen molar-refractivity contribution in [1.82, 2.24) is 38.9 Å². The number of nitrogens with two attached hydrogens (primary N) is 1. The number of pyridine rings is 1. The molecule has 1 aromatic carbocycles. The van der Waals surface area contributed by atoms with Crippen LogP contribution in [0.5, 0.6) is 11.6 Å². The van der Waals surface area contributed by atoms with E-state index in [0.29, 0.717) is 66.3 Å². The highest BCUT2D eigenvalue weighted by Crippen LogP contribution is 2.41. The number of nitrogens with zero attached hydrogens (tertiary/aromatic N) is 9. The van der Waals surface area contributed by atoms with Crippen LogP contribution in [0.4, 0.5) is 0 Å². The topological polar surface area (TPSA) is 170 Å². The summed E-state index contributed by atoms with van der Waals surface area (Å²) in [7, 11) is 3.24. The Morgan fingerprint density at radius 2 is 1.69 bits per heavy atom. The van der Waals surface area contributed by atoms with E-state index in [-0.39, 0.29) is 35.6 Å². The molecule has 2 N–H and O–H groups in total. The predicted octanol–water partition coefficient (Wildman–Crippen LogP) is 3.48. The highest BCUT2D eigenvalue weighted by molar-refractivity contribution is 6.00. The third kappa shape index (κ3) is 5.26. The summed E-state index contributed by atoms with van der Waals surface area (Å²) in [5.41, 5.74) is 10.6. The van der Waals surface area contributed by atoms with Gasteiger partial charge < -0.3 is 34.1 Å². The number of fused-ring (bicyclic) bond motifs is 4. The number of hydrogen-bond donors (Lipinski definition) is 1. The van der Waals surface area contributed by atoms with Crippen molar-refractivity contribution in [2.75, 3.05) is 33.9 Å². The van der Waals surface area contributed by atoms with E-state index in [1.165, 1.54) is 12.4 Å². The van der Waals surface area contributed by atoms with Crippen LogP contribution in [-0.4, -0.2) is 96.6 Å². The van der Waals surface area contributed by atoms with Crippen molar-refractivity contribution < 1.29 is 19.1 Å². The molecule has 4 aromatic heterocycles. The Morgan fingerprint density at radius 1 is 0.902 bits per heavy atom. The molecule has 2 aliphatic carbocycles. The first-order valence-electron chi connectivity index (χ1n) is 17.5. The molecule has 9 rings (SSSR count). The molecule has 260 valence electrons. The number of imidazole rings is 1. The van der Waals surface area contributed by atoms with Crippen LogP contribution in [-0.2, 0) is 13.1 Å². The Hall–Kier alpha value is -5.55. The second kappa shape index (κ2) is 12.1. The van der Waals surface area contributed by atoms with Crippen LogP contribution in [0.3, 0.4) is 0 Å². The summed E-state index contributed by atoms with van der Waals surface area (Å²) in [5, 5.41) is 10.0. The molecule has 0 spiro atoms. The first-order valence-corrected chi connectivity index (χ1v) is 17.5. The van der Waals surface area contributed by atoms with Crippen molar-refractivity contribution in [3.05, 3.63) is 59.7 Å². The van der Waals surface area contributed by atoms with E-state index in [0.717, 1.165) is 60.3 Å². The normalized spacial score (nSPS) is 21.3. The third-order valence-corrected chi connectivity index (χ3v) is 11.2. The lowest BCUT2D eigenvalue weighted by molar-refractivity contribution is 0.0470. The van der Waals surface area contributed by atoms with Gasteiger partial charge in [0.15, 0.2) is 5.82 Å². The van der Waals surface area contributed by atoms with Gasteiger partial charge in [-0.2, -0.15) is 10.2 Å². The average molecular weight is 687 g/mol. The number of benzene rings is 1. The lowest BCUT2D eigenvalue weighted by Gasteiger charge is -2.39. The number of carbonyl (C=O) groups is 2. The minimum atomic E-state index is -0.174. The SMILES string of the molecule is COc1ccc2cc(-c3nc4cc(C(=O)N5CC6CCC5[C@@H]6N)cc(OC)c4n3CC3CN(C(=O)c4cnc(C#N)nc4)C3)n(CC3CC3)c2n1. The molecule has 2 amide bonds. The van der Waals surface area contributed by atoms with Crippen molar-refractivity contribution in [3.8, 4) is 29.2 Å². The molecule has 4 aliphatic rings. The van der Waals surface area contributed by atoms with Crippen LogP contribution in [0.25, 0.3) is 33.6 Å². The fourth-order valence-electron chi connectivity index (χ4n) is 8.27. The molecule has 2 bridgehead atoms. The zero-order valence-corrected chi connectivity index (χ0v) is 28.5. The number of hydrogen-bond acceptors (Lipinski definition) is 10. The molecule has 4 fully saturated rings. The molecule has 3 atom stereocenters. The second-order valence-corrected chi connectivity index (χ2v) is 14.4. The number of nitriles is 1. The first-order chi connectivity index (χ1) is 24.8. The Labute approximate surface area is 293 Å². The van der Waals surface area contributed by atoms with Gasteiger partial charge in [-0.1, -0.05) is 0 Å². The van der Waals surface area contributed by atoms with Gasteiger partial charge in [-0.15, -0.1) is 0 Å². The third-order valence-electron chi connectivity index (χ3n) is 11.2. The van der Waals surface area contributed by atoms with Gasteiger partial charge in [0.25, 0.3) is 11.8 Å². The molecule has 0 radical (unpaired) electrons. The van der Waals surface area contributed by atoms with Crippen LogP contribution >= 0.6 is 0 Å². The molecule has 14 heteroatoms. The summed E-state index contributed by atoms with van der Waals surface area (Å²) in [6.07, 6.45) is 7.12. The Balaban J connectivity index is 1.12. The van der Waals surface area contributed by atoms with Crippen molar-refractivity contribution in [3.63, 3.8) is 0 Å². The number of likely N-dealkylation sites (tertiary alicyclic amines) is 2. The quantitative estimate of drug-likeness (QED) is 0.242. The maximum absolute atomic E-state index is 14.0. The zero-order chi connectivity index (χ0) is 35.0. The smallest absolute Gasteiger partial charge is 0.257 e. The number of methoxy groups -OCH3 is 2. The summed E-state index contributed by atoms with van der Waals surface area (Å²) in [6, 6.07) is 11.7. The Morgan fingerprint density at radius 3 is 2.35 bits per heavy atom. The fraction of sp³-hybridized carbons (Fsp3) is 0.432. The van der Waals surface area contributed by atoms with E-state index in [4.69, 9.17) is 30.4 Å². The Bertz CT molecular complexity index is 2250. The van der Waals surface area contributed by atoms with Gasteiger partial charge in [-0.25, -0.2) is 15.0 Å². The van der Waals surface area contributed by atoms with Gasteiger partial charge in [0.05, 0.1) is 31.0 Å². The summed E-state index contributed by atoms with van der Waals surface area (Å²) in [5.74, 6) is 2.68. The standard InChI is InChI=1S/C37H38N10O4/c1-50-29-11-24(37(49)46-19-23-5-7-27(46)32(23)39)9-26-33(29)47(18-21-15-44(16-21)36(48)25-13-40-30(12-38)41-14-25)35(42-26)28-10-22-6-8-31(51-2)43-34(22)45(28)17-20-3-4-20/h6,8-11,13-14,20-21,23,27,32H,3-5,7,15-19,39H2,1-2H3/t23?,27?,32-/m1/s1. The molecule has 2 saturated heterocycles. The van der Waals surface area contributed by atoms with Crippen LogP contribution in [0, 0.1) is 29.1 Å². The van der Waals surface area contributed by atoms with E-state index >= 15 is 0 Å². The summed E-state index contributed by atoms with van der Waals surface area (Å²) < 4.78 is 16.0. The van der Waals surface area contributed by atoms with E-state index in [9.17, 15) is 9.59 Å². The molecular weight excluding hydrogens is 648 g/mol. The second-order valence-electron chi connectivity index (χ2n) is 14.4. The zero-order valence-electron chi connectivity index (χ0n) is 28.5. The lowest BCUT2D eigenvalue weighted by Crippen LogP contribution is -2.51. The van der Waals surface area contributed by atoms with Crippen molar-refractivity contribution in [1.29, 1.82) is 5.26 Å². The predicted molar refractivity (Wildman–Crippen MR) is 186 cm³/mol. The highest BCUT2D eigenvalue weighted by Gasteiger charge is 2.47. The monoisotopic (exact) mass is 686 g/mol. The van der Waals surface area contributed by atoms with Crippen LogP contribution in [0.1, 0.15) is 52.2 Å². The molecule has 6 heterocycles. The molecule has 5 aromatic rings. The van der Waals surface area contributed by atoms with E-state index in [1.807, 2.05) is 35.2 Å². The van der Waals surface area contributed by atoms with Gasteiger partial charge in [0, 0.05) is 80.1 Å². The van der Waals surface area contributed by atoms with E-state index < -0.39 is 0 Å². The molecule has 51 heavy (non-hydrogen) atoms. The van der Waals surface area contributed by atoms with Crippen molar-refractivity contribution in [2.24, 2.45) is 23.5 Å². The molecule has 2 aliphatic heterocycles. The summed E-state index contributed by atoms with van der Waals surface area (Å²) in [6.45, 7) is 3.10. The highest BCUT2D eigenvalue weighted by atomic mass is 16.5. The number of rotatable bonds is 9. The lowest BCUT2D eigenvalue weighted by atomic mass is 9.98. The Kier molecular flexibility index (Phi) is 7.43. The summed E-state index contributed by atoms with van der Waals surface area (Å²) in [4.78, 5) is 48.9. The molecular formula is C37H38N10O4.